The summed E-state index contributed by atoms with van der Waals surface area (Å²) in [4.78, 5) is 22.0. The molecule has 0 radical (unpaired) electrons. The number of thiophene rings is 1. The number of rotatable bonds is 3. The molecule has 0 aliphatic carbocycles. The molecule has 0 spiro atoms. The molecule has 0 unspecified atom stereocenters. The number of pyridine rings is 2. The fourth-order valence-electron chi connectivity index (χ4n) is 2.86. The zero-order chi connectivity index (χ0) is 18.1. The van der Waals surface area contributed by atoms with Crippen molar-refractivity contribution in [3.63, 3.8) is 0 Å². The predicted octanol–water partition coefficient (Wildman–Crippen LogP) is 3.21. The number of carbonyl (C=O) groups excluding carboxylic acids is 1. The maximum atomic E-state index is 12.1. The quantitative estimate of drug-likeness (QED) is 0.295. The van der Waals surface area contributed by atoms with E-state index in [0.29, 0.717) is 15.4 Å². The molecule has 0 saturated carbocycles. The second kappa shape index (κ2) is 6.55. The molecule has 3 aromatic heterocycles. The molecule has 0 aliphatic rings. The first-order chi connectivity index (χ1) is 12.7. The lowest BCUT2D eigenvalue weighted by atomic mass is 10.00. The molecule has 26 heavy (non-hydrogen) atoms. The minimum absolute atomic E-state index is 0.357. The van der Waals surface area contributed by atoms with E-state index in [9.17, 15) is 4.79 Å². The third kappa shape index (κ3) is 2.69. The van der Waals surface area contributed by atoms with Gasteiger partial charge in [-0.2, -0.15) is 0 Å². The molecule has 0 bridgehead atoms. The zero-order valence-corrected chi connectivity index (χ0v) is 14.5. The van der Waals surface area contributed by atoms with Crippen LogP contribution in [0.15, 0.2) is 60.9 Å². The monoisotopic (exact) mass is 361 g/mol. The van der Waals surface area contributed by atoms with E-state index in [0.717, 1.165) is 27.8 Å². The van der Waals surface area contributed by atoms with E-state index >= 15 is 0 Å². The molecule has 128 valence electrons. The van der Waals surface area contributed by atoms with E-state index in [2.05, 4.69) is 10.4 Å². The number of nitrogens with zero attached hydrogens (tertiary/aromatic N) is 2. The Labute approximate surface area is 153 Å². The van der Waals surface area contributed by atoms with Gasteiger partial charge in [0.15, 0.2) is 0 Å². The second-order valence-corrected chi connectivity index (χ2v) is 6.66. The number of hydrogen-bond acceptors (Lipinski definition) is 6. The van der Waals surface area contributed by atoms with Crippen molar-refractivity contribution in [2.75, 3.05) is 5.73 Å². The number of benzene rings is 1. The number of anilines is 1. The van der Waals surface area contributed by atoms with E-state index in [1.807, 2.05) is 48.5 Å². The Morgan fingerprint density at radius 3 is 2.54 bits per heavy atom. The van der Waals surface area contributed by atoms with Crippen LogP contribution in [0.2, 0.25) is 0 Å². The first kappa shape index (κ1) is 16.2. The number of hydrazine groups is 1. The first-order valence-electron chi connectivity index (χ1n) is 7.89. The first-order valence-corrected chi connectivity index (χ1v) is 8.70. The molecule has 0 aliphatic heterocycles. The van der Waals surface area contributed by atoms with E-state index in [1.165, 1.54) is 11.3 Å². The maximum absolute atomic E-state index is 12.1. The zero-order valence-electron chi connectivity index (χ0n) is 13.6. The lowest BCUT2D eigenvalue weighted by Gasteiger charge is -2.08. The SMILES string of the molecule is NNC(=O)c1sc2nc(-c3cccnc3)cc(-c3ccccc3)c2c1N. The van der Waals surface area contributed by atoms with Gasteiger partial charge in [-0.05, 0) is 29.3 Å². The van der Waals surface area contributed by atoms with Gasteiger partial charge in [0.2, 0.25) is 0 Å². The largest absolute Gasteiger partial charge is 0.397 e. The Balaban J connectivity index is 2.05. The molecule has 0 saturated heterocycles. The molecule has 6 nitrogen and oxygen atoms in total. The number of nitrogens with one attached hydrogen (secondary N) is 1. The van der Waals surface area contributed by atoms with Crippen LogP contribution in [0.4, 0.5) is 5.69 Å². The summed E-state index contributed by atoms with van der Waals surface area (Å²) >= 11 is 1.23. The standard InChI is InChI=1S/C19H15N5OS/c20-16-15-13(11-5-2-1-3-6-11)9-14(12-7-4-8-22-10-12)23-19(15)26-17(16)18(25)24-21/h1-10H,20-21H2,(H,24,25). The van der Waals surface area contributed by atoms with Gasteiger partial charge >= 0.3 is 0 Å². The highest BCUT2D eigenvalue weighted by Gasteiger charge is 2.21. The Bertz CT molecular complexity index is 1090. The normalized spacial score (nSPS) is 10.8. The van der Waals surface area contributed by atoms with E-state index in [1.54, 1.807) is 12.4 Å². The Morgan fingerprint density at radius 1 is 1.08 bits per heavy atom. The maximum Gasteiger partial charge on any atom is 0.277 e. The van der Waals surface area contributed by atoms with E-state index in [-0.39, 0.29) is 0 Å². The van der Waals surface area contributed by atoms with Gasteiger partial charge in [-0.1, -0.05) is 30.3 Å². The molecule has 0 fully saturated rings. The van der Waals surface area contributed by atoms with Gasteiger partial charge in [-0.25, -0.2) is 10.8 Å². The van der Waals surface area contributed by atoms with Gasteiger partial charge in [0, 0.05) is 23.3 Å². The summed E-state index contributed by atoms with van der Waals surface area (Å²) in [5.74, 6) is 4.86. The minimum atomic E-state index is -0.424. The molecular formula is C19H15N5OS. The fourth-order valence-corrected chi connectivity index (χ4v) is 3.89. The highest BCUT2D eigenvalue weighted by molar-refractivity contribution is 7.21. The van der Waals surface area contributed by atoms with Crippen molar-refractivity contribution in [3.05, 3.63) is 65.8 Å². The van der Waals surface area contributed by atoms with Gasteiger partial charge in [-0.15, -0.1) is 11.3 Å². The highest BCUT2D eigenvalue weighted by Crippen LogP contribution is 2.41. The Kier molecular flexibility index (Phi) is 4.08. The highest BCUT2D eigenvalue weighted by atomic mass is 32.1. The smallest absolute Gasteiger partial charge is 0.277 e. The fraction of sp³-hybridized carbons (Fsp3) is 0. The van der Waals surface area contributed by atoms with Crippen molar-refractivity contribution < 1.29 is 4.79 Å². The third-order valence-electron chi connectivity index (χ3n) is 4.08. The topological polar surface area (TPSA) is 107 Å². The van der Waals surface area contributed by atoms with Crippen molar-refractivity contribution >= 4 is 33.1 Å². The Hall–Kier alpha value is -3.29. The van der Waals surface area contributed by atoms with Crippen molar-refractivity contribution in [2.45, 2.75) is 0 Å². The number of hydrogen-bond donors (Lipinski definition) is 3. The van der Waals surface area contributed by atoms with Crippen LogP contribution >= 0.6 is 11.3 Å². The number of nitrogens with two attached hydrogens (primary N) is 2. The Morgan fingerprint density at radius 2 is 1.85 bits per heavy atom. The second-order valence-electron chi connectivity index (χ2n) is 5.66. The lowest BCUT2D eigenvalue weighted by molar-refractivity contribution is 0.0958. The summed E-state index contributed by atoms with van der Waals surface area (Å²) in [6.45, 7) is 0. The number of nitrogen functional groups attached to an aromatic ring is 2. The number of aromatic nitrogens is 2. The van der Waals surface area contributed by atoms with Crippen molar-refractivity contribution in [1.29, 1.82) is 0 Å². The van der Waals surface area contributed by atoms with E-state index in [4.69, 9.17) is 16.6 Å². The van der Waals surface area contributed by atoms with Gasteiger partial charge in [0.25, 0.3) is 5.91 Å². The molecule has 4 rings (SSSR count). The third-order valence-corrected chi connectivity index (χ3v) is 5.18. The van der Waals surface area contributed by atoms with E-state index < -0.39 is 5.91 Å². The van der Waals surface area contributed by atoms with Gasteiger partial charge in [-0.3, -0.25) is 15.2 Å². The molecule has 1 aromatic carbocycles. The predicted molar refractivity (Wildman–Crippen MR) is 104 cm³/mol. The van der Waals surface area contributed by atoms with Crippen LogP contribution in [0.1, 0.15) is 9.67 Å². The molecule has 0 atom stereocenters. The molecule has 7 heteroatoms. The minimum Gasteiger partial charge on any atom is -0.397 e. The summed E-state index contributed by atoms with van der Waals surface area (Å²) in [6.07, 6.45) is 3.47. The summed E-state index contributed by atoms with van der Waals surface area (Å²) in [7, 11) is 0. The molecule has 4 aromatic rings. The van der Waals surface area contributed by atoms with Crippen LogP contribution in [0.5, 0.6) is 0 Å². The average Bonchev–Trinajstić information content (AvgIpc) is 3.04. The molecular weight excluding hydrogens is 346 g/mol. The summed E-state index contributed by atoms with van der Waals surface area (Å²) in [6, 6.07) is 15.7. The number of fused-ring (bicyclic) bond motifs is 1. The van der Waals surface area contributed by atoms with Gasteiger partial charge in [0.05, 0.1) is 11.4 Å². The molecule has 1 amide bonds. The van der Waals surface area contributed by atoms with Crippen LogP contribution < -0.4 is 17.0 Å². The lowest BCUT2D eigenvalue weighted by Crippen LogP contribution is -2.29. The van der Waals surface area contributed by atoms with Gasteiger partial charge < -0.3 is 5.73 Å². The summed E-state index contributed by atoms with van der Waals surface area (Å²) in [5.41, 5.74) is 12.4. The van der Waals surface area contributed by atoms with Crippen molar-refractivity contribution in [2.24, 2.45) is 5.84 Å². The number of amides is 1. The molecule has 5 N–H and O–H groups in total. The summed E-state index contributed by atoms with van der Waals surface area (Å²) in [5, 5.41) is 0.757. The van der Waals surface area contributed by atoms with Gasteiger partial charge in [0.1, 0.15) is 9.71 Å². The van der Waals surface area contributed by atoms with Crippen LogP contribution in [-0.2, 0) is 0 Å². The van der Waals surface area contributed by atoms with Crippen LogP contribution in [0.3, 0.4) is 0 Å². The molecule has 3 heterocycles. The average molecular weight is 361 g/mol. The van der Waals surface area contributed by atoms with Crippen LogP contribution in [0.25, 0.3) is 32.6 Å². The summed E-state index contributed by atoms with van der Waals surface area (Å²) < 4.78 is 0. The van der Waals surface area contributed by atoms with Crippen LogP contribution in [-0.4, -0.2) is 15.9 Å². The number of carbonyl (C=O) groups is 1. The van der Waals surface area contributed by atoms with Crippen molar-refractivity contribution in [3.8, 4) is 22.4 Å². The van der Waals surface area contributed by atoms with Crippen molar-refractivity contribution in [1.82, 2.24) is 15.4 Å². The van der Waals surface area contributed by atoms with Crippen LogP contribution in [0, 0.1) is 0 Å².